The van der Waals surface area contributed by atoms with Gasteiger partial charge in [0.1, 0.15) is 11.9 Å². The molecule has 1 amide bonds. The van der Waals surface area contributed by atoms with Crippen molar-refractivity contribution in [2.75, 3.05) is 12.0 Å². The van der Waals surface area contributed by atoms with E-state index in [-0.39, 0.29) is 34.8 Å². The van der Waals surface area contributed by atoms with E-state index in [9.17, 15) is 9.59 Å². The molecule has 0 N–H and O–H groups in total. The van der Waals surface area contributed by atoms with Crippen LogP contribution in [0.2, 0.25) is 0 Å². The van der Waals surface area contributed by atoms with Gasteiger partial charge in [-0.25, -0.2) is 4.98 Å². The molecule has 3 heterocycles. The van der Waals surface area contributed by atoms with Gasteiger partial charge in [0.05, 0.1) is 30.3 Å². The zero-order valence-electron chi connectivity index (χ0n) is 17.6. The van der Waals surface area contributed by atoms with Crippen LogP contribution in [0, 0.1) is 19.8 Å². The molecule has 162 valence electrons. The quantitative estimate of drug-likeness (QED) is 0.634. The number of fused-ring (bicyclic) bond motifs is 1. The number of rotatable bonds is 3. The summed E-state index contributed by atoms with van der Waals surface area (Å²) < 4.78 is 11.5. The number of halogens is 1. The lowest BCUT2D eigenvalue weighted by Gasteiger charge is -2.37. The average molecular weight is 459 g/mol. The van der Waals surface area contributed by atoms with Crippen molar-refractivity contribution >= 4 is 39.8 Å². The highest BCUT2D eigenvalue weighted by atomic mass is 35.5. The van der Waals surface area contributed by atoms with Crippen LogP contribution in [-0.2, 0) is 14.3 Å². The van der Waals surface area contributed by atoms with Crippen molar-refractivity contribution in [2.24, 2.45) is 5.92 Å². The first-order chi connectivity index (χ1) is 14.9. The maximum atomic E-state index is 13.7. The van der Waals surface area contributed by atoms with Crippen LogP contribution < -0.4 is 9.64 Å². The largest absolute Gasteiger partial charge is 0.497 e. The zero-order valence-corrected chi connectivity index (χ0v) is 19.1. The standard InChI is InChI=1S/C23H23ClN2O4S/c1-11-12(2)31-23(25-11)26-19(13-4-7-15(29-3)8-5-13)18-20(27)16-10-14(24)6-9-17(16)30-21(18)22(26)28/h4-5,7-8,14,16-17,19H,6,9-10H2,1-3H3. The topological polar surface area (TPSA) is 68.7 Å². The van der Waals surface area contributed by atoms with E-state index in [1.807, 2.05) is 38.1 Å². The molecule has 5 rings (SSSR count). The Balaban J connectivity index is 1.64. The number of ketones is 1. The number of Topliss-reactive ketones (excluding diaryl/α,β-unsaturated/α-hetero) is 1. The van der Waals surface area contributed by atoms with Crippen LogP contribution in [0.25, 0.3) is 0 Å². The lowest BCUT2D eigenvalue weighted by atomic mass is 9.77. The Morgan fingerprint density at radius 1 is 1.19 bits per heavy atom. The normalized spacial score (nSPS) is 27.8. The number of benzene rings is 1. The van der Waals surface area contributed by atoms with Crippen LogP contribution in [-0.4, -0.2) is 35.3 Å². The summed E-state index contributed by atoms with van der Waals surface area (Å²) in [5, 5.41) is 0.526. The summed E-state index contributed by atoms with van der Waals surface area (Å²) in [5.41, 5.74) is 2.11. The van der Waals surface area contributed by atoms with Gasteiger partial charge in [0.25, 0.3) is 5.91 Å². The summed E-state index contributed by atoms with van der Waals surface area (Å²) in [6.07, 6.45) is 1.74. The molecule has 2 aromatic rings. The minimum absolute atomic E-state index is 0.0294. The Hall–Kier alpha value is -2.38. The van der Waals surface area contributed by atoms with Crippen molar-refractivity contribution < 1.29 is 19.1 Å². The molecule has 8 heteroatoms. The highest BCUT2D eigenvalue weighted by molar-refractivity contribution is 7.15. The number of aromatic nitrogens is 1. The predicted octanol–water partition coefficient (Wildman–Crippen LogP) is 4.49. The number of nitrogens with zero attached hydrogens (tertiary/aromatic N) is 2. The number of carbonyl (C=O) groups excluding carboxylic acids is 2. The predicted molar refractivity (Wildman–Crippen MR) is 119 cm³/mol. The van der Waals surface area contributed by atoms with Gasteiger partial charge in [0.15, 0.2) is 16.7 Å². The van der Waals surface area contributed by atoms with Crippen molar-refractivity contribution in [1.82, 2.24) is 4.98 Å². The Morgan fingerprint density at radius 2 is 1.94 bits per heavy atom. The fraction of sp³-hybridized carbons (Fsp3) is 0.435. The van der Waals surface area contributed by atoms with Gasteiger partial charge in [-0.05, 0) is 50.8 Å². The van der Waals surface area contributed by atoms with Crippen molar-refractivity contribution in [3.05, 3.63) is 51.7 Å². The highest BCUT2D eigenvalue weighted by Crippen LogP contribution is 2.49. The number of thiazole rings is 1. The monoisotopic (exact) mass is 458 g/mol. The average Bonchev–Trinajstić information content (AvgIpc) is 3.25. The lowest BCUT2D eigenvalue weighted by Crippen LogP contribution is -2.41. The molecular weight excluding hydrogens is 436 g/mol. The number of methoxy groups -OCH3 is 1. The van der Waals surface area contributed by atoms with Crippen molar-refractivity contribution in [1.29, 1.82) is 0 Å². The van der Waals surface area contributed by atoms with Crippen LogP contribution in [0.5, 0.6) is 5.75 Å². The molecule has 0 bridgehead atoms. The van der Waals surface area contributed by atoms with Crippen LogP contribution in [0.15, 0.2) is 35.6 Å². The molecule has 2 aliphatic heterocycles. The molecule has 0 radical (unpaired) electrons. The summed E-state index contributed by atoms with van der Waals surface area (Å²) in [4.78, 5) is 34.5. The first-order valence-electron chi connectivity index (χ1n) is 10.4. The minimum Gasteiger partial charge on any atom is -0.497 e. The molecule has 1 aromatic carbocycles. The summed E-state index contributed by atoms with van der Waals surface area (Å²) in [6, 6.07) is 6.86. The zero-order chi connectivity index (χ0) is 21.9. The van der Waals surface area contributed by atoms with Crippen LogP contribution in [0.1, 0.15) is 41.4 Å². The SMILES string of the molecule is COc1ccc(C2C3=C(OC4CCC(Cl)CC4C3=O)C(=O)N2c2nc(C)c(C)s2)cc1. The Kier molecular flexibility index (Phi) is 5.06. The van der Waals surface area contributed by atoms with Gasteiger partial charge >= 0.3 is 0 Å². The molecule has 4 unspecified atom stereocenters. The van der Waals surface area contributed by atoms with Gasteiger partial charge in [0, 0.05) is 10.3 Å². The van der Waals surface area contributed by atoms with E-state index < -0.39 is 6.04 Å². The second-order valence-electron chi connectivity index (χ2n) is 8.27. The van der Waals surface area contributed by atoms with Crippen LogP contribution in [0.3, 0.4) is 0 Å². The molecule has 0 saturated heterocycles. The molecule has 3 aliphatic rings. The van der Waals surface area contributed by atoms with E-state index in [1.165, 1.54) is 11.3 Å². The third-order valence-corrected chi connectivity index (χ3v) is 7.91. The Labute approximate surface area is 189 Å². The smallest absolute Gasteiger partial charge is 0.296 e. The molecule has 0 spiro atoms. The second kappa shape index (κ2) is 7.64. The number of amides is 1. The number of carbonyl (C=O) groups is 2. The van der Waals surface area contributed by atoms with E-state index in [1.54, 1.807) is 12.0 Å². The molecule has 1 fully saturated rings. The van der Waals surface area contributed by atoms with Crippen molar-refractivity contribution in [3.63, 3.8) is 0 Å². The number of hydrogen-bond acceptors (Lipinski definition) is 6. The first kappa shape index (κ1) is 20.5. The molecule has 31 heavy (non-hydrogen) atoms. The molecule has 4 atom stereocenters. The summed E-state index contributed by atoms with van der Waals surface area (Å²) in [7, 11) is 1.60. The van der Waals surface area contributed by atoms with E-state index in [2.05, 4.69) is 4.98 Å². The van der Waals surface area contributed by atoms with Gasteiger partial charge in [-0.3, -0.25) is 14.5 Å². The van der Waals surface area contributed by atoms with E-state index in [0.717, 1.165) is 22.6 Å². The Bertz CT molecular complexity index is 1070. The molecule has 1 aliphatic carbocycles. The Morgan fingerprint density at radius 3 is 2.58 bits per heavy atom. The molecule has 1 saturated carbocycles. The first-order valence-corrected chi connectivity index (χ1v) is 11.6. The second-order valence-corrected chi connectivity index (χ2v) is 10.1. The molecule has 6 nitrogen and oxygen atoms in total. The number of ether oxygens (including phenoxy) is 2. The van der Waals surface area contributed by atoms with Gasteiger partial charge in [0.2, 0.25) is 0 Å². The molecular formula is C23H23ClN2O4S. The third-order valence-electron chi connectivity index (χ3n) is 6.44. The third kappa shape index (κ3) is 3.26. The van der Waals surface area contributed by atoms with Gasteiger partial charge in [-0.2, -0.15) is 0 Å². The van der Waals surface area contributed by atoms with Crippen LogP contribution >= 0.6 is 22.9 Å². The fourth-order valence-corrected chi connectivity index (χ4v) is 5.93. The summed E-state index contributed by atoms with van der Waals surface area (Å²) in [5.74, 6) is 0.231. The highest BCUT2D eigenvalue weighted by Gasteiger charge is 2.53. The van der Waals surface area contributed by atoms with E-state index >= 15 is 0 Å². The number of hydrogen-bond donors (Lipinski definition) is 0. The summed E-state index contributed by atoms with van der Waals surface area (Å²) >= 11 is 7.83. The van der Waals surface area contributed by atoms with E-state index in [4.69, 9.17) is 21.1 Å². The van der Waals surface area contributed by atoms with Gasteiger partial charge < -0.3 is 9.47 Å². The number of aryl methyl sites for hydroxylation is 2. The summed E-state index contributed by atoms with van der Waals surface area (Å²) in [6.45, 7) is 3.89. The lowest BCUT2D eigenvalue weighted by molar-refractivity contribution is -0.131. The van der Waals surface area contributed by atoms with Gasteiger partial charge in [-0.15, -0.1) is 22.9 Å². The number of alkyl halides is 1. The van der Waals surface area contributed by atoms with Gasteiger partial charge in [-0.1, -0.05) is 12.1 Å². The van der Waals surface area contributed by atoms with Crippen molar-refractivity contribution in [3.8, 4) is 5.75 Å². The van der Waals surface area contributed by atoms with E-state index in [0.29, 0.717) is 29.3 Å². The molecule has 1 aromatic heterocycles. The fourth-order valence-electron chi connectivity index (χ4n) is 4.67. The minimum atomic E-state index is -0.581. The maximum Gasteiger partial charge on any atom is 0.296 e. The van der Waals surface area contributed by atoms with Crippen LogP contribution in [0.4, 0.5) is 5.13 Å². The number of anilines is 1. The van der Waals surface area contributed by atoms with Crippen molar-refractivity contribution in [2.45, 2.75) is 50.6 Å². The maximum absolute atomic E-state index is 13.7.